The average Bonchev–Trinajstić information content (AvgIpc) is 3.33. The number of carbonyl (C=O) groups excluding carboxylic acids is 1. The molecule has 4 rings (SSSR count). The Bertz CT molecular complexity index is 948. The summed E-state index contributed by atoms with van der Waals surface area (Å²) in [5.41, 5.74) is 10.9. The van der Waals surface area contributed by atoms with E-state index in [1.807, 2.05) is 6.92 Å². The Hall–Kier alpha value is -2.15. The van der Waals surface area contributed by atoms with E-state index in [0.717, 1.165) is 22.6 Å². The highest BCUT2D eigenvalue weighted by atomic mass is 35.5. The molecule has 0 aliphatic heterocycles. The van der Waals surface area contributed by atoms with Gasteiger partial charge in [0.05, 0.1) is 17.8 Å². The average molecular weight is 390 g/mol. The van der Waals surface area contributed by atoms with E-state index in [-0.39, 0.29) is 24.9 Å². The van der Waals surface area contributed by atoms with E-state index in [1.54, 1.807) is 6.07 Å². The van der Waals surface area contributed by atoms with Crippen LogP contribution in [-0.2, 0) is 19.4 Å². The second kappa shape index (κ2) is 7.61. The number of furan rings is 1. The van der Waals surface area contributed by atoms with Gasteiger partial charge < -0.3 is 10.2 Å². The summed E-state index contributed by atoms with van der Waals surface area (Å²) in [5.74, 6) is 0.344. The van der Waals surface area contributed by atoms with Crippen molar-refractivity contribution in [1.29, 1.82) is 0 Å². The van der Waals surface area contributed by atoms with Crippen molar-refractivity contribution < 1.29 is 9.21 Å². The molecule has 0 saturated heterocycles. The molecule has 0 spiro atoms. The molecule has 2 heterocycles. The molecule has 136 valence electrons. The minimum Gasteiger partial charge on any atom is -0.467 e. The molecule has 1 aliphatic carbocycles. The first-order valence-corrected chi connectivity index (χ1v) is 9.14. The van der Waals surface area contributed by atoms with Crippen molar-refractivity contribution in [3.63, 3.8) is 0 Å². The lowest BCUT2D eigenvalue weighted by Crippen LogP contribution is -2.10. The number of carbonyl (C=O) groups is 1. The van der Waals surface area contributed by atoms with Gasteiger partial charge in [-0.1, -0.05) is 12.1 Å². The van der Waals surface area contributed by atoms with Crippen LogP contribution in [0.4, 0.5) is 5.13 Å². The van der Waals surface area contributed by atoms with Crippen molar-refractivity contribution >= 4 is 34.8 Å². The molecule has 3 aromatic rings. The number of thiazole rings is 1. The van der Waals surface area contributed by atoms with Crippen LogP contribution >= 0.6 is 23.7 Å². The van der Waals surface area contributed by atoms with Gasteiger partial charge in [-0.05, 0) is 49.4 Å². The van der Waals surface area contributed by atoms with Gasteiger partial charge in [0.2, 0.25) is 0 Å². The van der Waals surface area contributed by atoms with Crippen molar-refractivity contribution in [3.8, 4) is 11.3 Å². The number of rotatable bonds is 4. The third kappa shape index (κ3) is 3.53. The number of nitrogens with one attached hydrogen (secondary N) is 1. The molecule has 3 N–H and O–H groups in total. The molecule has 1 aromatic carbocycles. The fourth-order valence-corrected chi connectivity index (χ4v) is 4.04. The van der Waals surface area contributed by atoms with Crippen LogP contribution in [0.25, 0.3) is 11.3 Å². The number of aromatic nitrogens is 1. The molecule has 0 saturated carbocycles. The highest BCUT2D eigenvalue weighted by Gasteiger charge is 2.17. The van der Waals surface area contributed by atoms with Crippen LogP contribution in [0.2, 0.25) is 0 Å². The second-order valence-corrected chi connectivity index (χ2v) is 7.42. The fourth-order valence-electron chi connectivity index (χ4n) is 3.21. The fraction of sp³-hybridized carbons (Fsp3) is 0.263. The monoisotopic (exact) mass is 389 g/mol. The molecule has 0 bridgehead atoms. The number of anilines is 1. The standard InChI is InChI=1S/C19H19N3O2S.ClH/c1-11-17(14-6-5-12-3-2-4-13(12)7-14)21-19(25-11)22-18(23)15-8-16(9-20)24-10-15;/h5-8,10H,2-4,9,20H2,1H3,(H,21,22,23);1H. The minimum absolute atomic E-state index is 0. The number of amides is 1. The van der Waals surface area contributed by atoms with E-state index in [4.69, 9.17) is 10.2 Å². The maximum absolute atomic E-state index is 12.3. The van der Waals surface area contributed by atoms with E-state index in [1.165, 1.54) is 41.6 Å². The van der Waals surface area contributed by atoms with Gasteiger partial charge in [0.25, 0.3) is 5.91 Å². The van der Waals surface area contributed by atoms with Gasteiger partial charge in [0.1, 0.15) is 12.0 Å². The zero-order chi connectivity index (χ0) is 17.4. The first kappa shape index (κ1) is 18.6. The van der Waals surface area contributed by atoms with Crippen LogP contribution in [0.3, 0.4) is 0 Å². The molecule has 26 heavy (non-hydrogen) atoms. The summed E-state index contributed by atoms with van der Waals surface area (Å²) < 4.78 is 5.21. The van der Waals surface area contributed by atoms with Crippen molar-refractivity contribution in [2.24, 2.45) is 5.73 Å². The van der Waals surface area contributed by atoms with E-state index < -0.39 is 0 Å². The molecule has 0 radical (unpaired) electrons. The van der Waals surface area contributed by atoms with Gasteiger partial charge >= 0.3 is 0 Å². The van der Waals surface area contributed by atoms with Gasteiger partial charge in [-0.2, -0.15) is 0 Å². The topological polar surface area (TPSA) is 81.2 Å². The van der Waals surface area contributed by atoms with Crippen LogP contribution in [0.1, 0.15) is 38.5 Å². The number of hydrogen-bond donors (Lipinski definition) is 2. The van der Waals surface area contributed by atoms with Gasteiger partial charge in [-0.3, -0.25) is 10.1 Å². The third-order valence-corrected chi connectivity index (χ3v) is 5.39. The highest BCUT2D eigenvalue weighted by molar-refractivity contribution is 7.16. The van der Waals surface area contributed by atoms with Gasteiger partial charge in [-0.15, -0.1) is 23.7 Å². The van der Waals surface area contributed by atoms with Crippen LogP contribution in [0, 0.1) is 6.92 Å². The third-order valence-electron chi connectivity index (χ3n) is 4.51. The number of aryl methyl sites for hydroxylation is 3. The zero-order valence-corrected chi connectivity index (χ0v) is 16.0. The van der Waals surface area contributed by atoms with Gasteiger partial charge in [-0.25, -0.2) is 4.98 Å². The molecule has 0 fully saturated rings. The predicted octanol–water partition coefficient (Wildman–Crippen LogP) is 4.33. The zero-order valence-electron chi connectivity index (χ0n) is 14.4. The van der Waals surface area contributed by atoms with Crippen LogP contribution < -0.4 is 11.1 Å². The van der Waals surface area contributed by atoms with Gasteiger partial charge in [0.15, 0.2) is 5.13 Å². The lowest BCUT2D eigenvalue weighted by molar-refractivity contribution is 0.102. The SMILES string of the molecule is Cc1sc(NC(=O)c2coc(CN)c2)nc1-c1ccc2c(c1)CCC2.Cl. The highest BCUT2D eigenvalue weighted by Crippen LogP contribution is 2.33. The van der Waals surface area contributed by atoms with E-state index in [9.17, 15) is 4.79 Å². The number of halogens is 1. The Morgan fingerprint density at radius 3 is 2.88 bits per heavy atom. The summed E-state index contributed by atoms with van der Waals surface area (Å²) in [6.07, 6.45) is 4.95. The van der Waals surface area contributed by atoms with Gasteiger partial charge in [0, 0.05) is 10.4 Å². The van der Waals surface area contributed by atoms with E-state index in [2.05, 4.69) is 28.5 Å². The number of nitrogens with two attached hydrogens (primary N) is 1. The van der Waals surface area contributed by atoms with Crippen LogP contribution in [0.15, 0.2) is 34.9 Å². The van der Waals surface area contributed by atoms with Crippen molar-refractivity contribution in [1.82, 2.24) is 4.98 Å². The molecule has 1 amide bonds. The lowest BCUT2D eigenvalue weighted by atomic mass is 10.0. The molecule has 1 aliphatic rings. The Morgan fingerprint density at radius 1 is 1.31 bits per heavy atom. The smallest absolute Gasteiger partial charge is 0.260 e. The number of benzene rings is 1. The van der Waals surface area contributed by atoms with Crippen LogP contribution in [0.5, 0.6) is 0 Å². The van der Waals surface area contributed by atoms with E-state index >= 15 is 0 Å². The normalized spacial score (nSPS) is 12.5. The molecular formula is C19H20ClN3O2S. The van der Waals surface area contributed by atoms with Crippen molar-refractivity contribution in [2.45, 2.75) is 32.7 Å². The molecule has 2 aromatic heterocycles. The summed E-state index contributed by atoms with van der Waals surface area (Å²) in [6.45, 7) is 2.30. The van der Waals surface area contributed by atoms with E-state index in [0.29, 0.717) is 16.5 Å². The molecule has 0 unspecified atom stereocenters. The first-order valence-electron chi connectivity index (χ1n) is 8.32. The maximum Gasteiger partial charge on any atom is 0.260 e. The molecule has 0 atom stereocenters. The summed E-state index contributed by atoms with van der Waals surface area (Å²) in [5, 5.41) is 3.44. The number of fused-ring (bicyclic) bond motifs is 1. The van der Waals surface area contributed by atoms with Crippen LogP contribution in [-0.4, -0.2) is 10.9 Å². The number of hydrogen-bond acceptors (Lipinski definition) is 5. The maximum atomic E-state index is 12.3. The van der Waals surface area contributed by atoms with Crippen molar-refractivity contribution in [3.05, 3.63) is 57.9 Å². The molecule has 7 heteroatoms. The first-order chi connectivity index (χ1) is 12.1. The summed E-state index contributed by atoms with van der Waals surface area (Å²) in [7, 11) is 0. The Morgan fingerprint density at radius 2 is 2.12 bits per heavy atom. The lowest BCUT2D eigenvalue weighted by Gasteiger charge is -2.03. The molecular weight excluding hydrogens is 370 g/mol. The largest absolute Gasteiger partial charge is 0.467 e. The Kier molecular flexibility index (Phi) is 5.46. The predicted molar refractivity (Wildman–Crippen MR) is 106 cm³/mol. The summed E-state index contributed by atoms with van der Waals surface area (Å²) in [4.78, 5) is 18.0. The minimum atomic E-state index is -0.238. The summed E-state index contributed by atoms with van der Waals surface area (Å²) >= 11 is 1.48. The Balaban J connectivity index is 0.00000196. The molecule has 5 nitrogen and oxygen atoms in total. The number of nitrogens with zero attached hydrogens (tertiary/aromatic N) is 1. The van der Waals surface area contributed by atoms with Crippen molar-refractivity contribution in [2.75, 3.05) is 5.32 Å². The summed E-state index contributed by atoms with van der Waals surface area (Å²) in [6, 6.07) is 8.22. The Labute approximate surface area is 162 Å². The quantitative estimate of drug-likeness (QED) is 0.695. The second-order valence-electron chi connectivity index (χ2n) is 6.22.